The van der Waals surface area contributed by atoms with Gasteiger partial charge in [0.25, 0.3) is 0 Å². The number of hydrogen-bond acceptors (Lipinski definition) is 1. The fourth-order valence-corrected chi connectivity index (χ4v) is 6.17. The van der Waals surface area contributed by atoms with Gasteiger partial charge >= 0.3 is 0 Å². The van der Waals surface area contributed by atoms with Crippen LogP contribution in [0.5, 0.6) is 0 Å². The first-order valence-electron chi connectivity index (χ1n) is 6.97. The normalized spacial score (nSPS) is 37.4. The largest absolute Gasteiger partial charge is 0.326 e. The fourth-order valence-electron chi connectivity index (χ4n) is 4.23. The molecule has 3 atom stereocenters. The number of alkyl halides is 1. The van der Waals surface area contributed by atoms with Crippen molar-refractivity contribution in [3.8, 4) is 0 Å². The molecule has 0 heterocycles. The molecule has 20 heavy (non-hydrogen) atoms. The summed E-state index contributed by atoms with van der Waals surface area (Å²) in [6.45, 7) is 6.73. The first-order valence-corrected chi connectivity index (χ1v) is 8.26. The number of halogens is 2. The third kappa shape index (κ3) is 1.48. The van der Waals surface area contributed by atoms with E-state index in [1.165, 1.54) is 0 Å². The van der Waals surface area contributed by atoms with Crippen molar-refractivity contribution in [2.75, 3.05) is 5.32 Å². The number of nitrogens with one attached hydrogen (secondary N) is 1. The number of anilines is 1. The van der Waals surface area contributed by atoms with Crippen LogP contribution in [0.15, 0.2) is 24.3 Å². The van der Waals surface area contributed by atoms with Crippen LogP contribution in [0, 0.1) is 16.2 Å². The lowest BCUT2D eigenvalue weighted by Gasteiger charge is -2.64. The molecule has 0 unspecified atom stereocenters. The van der Waals surface area contributed by atoms with Crippen LogP contribution in [0.1, 0.15) is 33.6 Å². The molecule has 2 nitrogen and oxygen atoms in total. The minimum absolute atomic E-state index is 0.0185. The van der Waals surface area contributed by atoms with Gasteiger partial charge < -0.3 is 5.32 Å². The number of fused-ring (bicyclic) bond motifs is 1. The van der Waals surface area contributed by atoms with Gasteiger partial charge in [0, 0.05) is 15.5 Å². The quantitative estimate of drug-likeness (QED) is 0.753. The summed E-state index contributed by atoms with van der Waals surface area (Å²) in [7, 11) is 0. The van der Waals surface area contributed by atoms with Gasteiger partial charge in [0.1, 0.15) is 0 Å². The number of benzene rings is 1. The molecule has 0 spiro atoms. The minimum atomic E-state index is -0.304. The van der Waals surface area contributed by atoms with Gasteiger partial charge in [-0.25, -0.2) is 0 Å². The maximum Gasteiger partial charge on any atom is 0.232 e. The maximum atomic E-state index is 12.9. The Morgan fingerprint density at radius 1 is 1.25 bits per heavy atom. The first kappa shape index (κ1) is 14.4. The van der Waals surface area contributed by atoms with E-state index in [0.717, 1.165) is 18.5 Å². The zero-order valence-electron chi connectivity index (χ0n) is 12.0. The molecule has 1 N–H and O–H groups in total. The maximum absolute atomic E-state index is 12.9. The summed E-state index contributed by atoms with van der Waals surface area (Å²) < 4.78 is 0. The Bertz CT molecular complexity index is 570. The van der Waals surface area contributed by atoms with Crippen molar-refractivity contribution in [2.45, 2.75) is 38.4 Å². The molecule has 4 rings (SSSR count). The van der Waals surface area contributed by atoms with E-state index in [4.69, 9.17) is 11.6 Å². The summed E-state index contributed by atoms with van der Waals surface area (Å²) in [4.78, 5) is 13.1. The molecule has 3 aliphatic carbocycles. The highest BCUT2D eigenvalue weighted by Gasteiger charge is 2.80. The highest BCUT2D eigenvalue weighted by molar-refractivity contribution is 9.09. The molecule has 3 aliphatic rings. The molecular formula is C16H19BrClNO. The fraction of sp³-hybridized carbons (Fsp3) is 0.562. The van der Waals surface area contributed by atoms with Crippen LogP contribution in [0.4, 0.5) is 5.69 Å². The number of hydrogen-bond donors (Lipinski definition) is 1. The second-order valence-electron chi connectivity index (χ2n) is 6.84. The Morgan fingerprint density at radius 2 is 1.85 bits per heavy atom. The lowest BCUT2D eigenvalue weighted by atomic mass is 9.43. The van der Waals surface area contributed by atoms with Gasteiger partial charge in [-0.15, -0.1) is 0 Å². The Balaban J connectivity index is 1.86. The Labute approximate surface area is 133 Å². The molecule has 0 saturated heterocycles. The van der Waals surface area contributed by atoms with Crippen LogP contribution in [0.25, 0.3) is 0 Å². The lowest BCUT2D eigenvalue weighted by Crippen LogP contribution is -2.68. The molecular weight excluding hydrogens is 338 g/mol. The lowest BCUT2D eigenvalue weighted by molar-refractivity contribution is -0.155. The van der Waals surface area contributed by atoms with E-state index in [1.54, 1.807) is 12.1 Å². The monoisotopic (exact) mass is 355 g/mol. The van der Waals surface area contributed by atoms with Gasteiger partial charge in [0.2, 0.25) is 5.91 Å². The van der Waals surface area contributed by atoms with Crippen LogP contribution in [-0.4, -0.2) is 10.7 Å². The van der Waals surface area contributed by atoms with Crippen molar-refractivity contribution in [2.24, 2.45) is 16.2 Å². The standard InChI is InChI=1S/C16H19BrClNO/c1-14(2)15(3)8-9-16(14,12(15)17)13(20)19-11-6-4-10(18)5-7-11/h4-7,12H,8-9H2,1-3H3,(H,19,20)/t12-,15+,16-/m1/s1. The highest BCUT2D eigenvalue weighted by Crippen LogP contribution is 2.79. The third-order valence-corrected chi connectivity index (χ3v) is 8.13. The van der Waals surface area contributed by atoms with Crippen molar-refractivity contribution in [3.63, 3.8) is 0 Å². The second-order valence-corrected chi connectivity index (χ2v) is 8.19. The van der Waals surface area contributed by atoms with Gasteiger partial charge in [-0.2, -0.15) is 0 Å². The van der Waals surface area contributed by atoms with E-state index in [2.05, 4.69) is 42.0 Å². The average Bonchev–Trinajstić information content (AvgIpc) is 2.80. The van der Waals surface area contributed by atoms with E-state index in [9.17, 15) is 4.79 Å². The summed E-state index contributed by atoms with van der Waals surface area (Å²) in [6.07, 6.45) is 2.05. The molecule has 1 aromatic rings. The minimum Gasteiger partial charge on any atom is -0.326 e. The average molecular weight is 357 g/mol. The van der Waals surface area contributed by atoms with E-state index >= 15 is 0 Å². The SMILES string of the molecule is CC1(C)[C@@]2(C)CC[C@]1(C(=O)Nc1ccc(Cl)cc1)[C@@H]2Br. The summed E-state index contributed by atoms with van der Waals surface area (Å²) >= 11 is 9.66. The van der Waals surface area contributed by atoms with Crippen molar-refractivity contribution < 1.29 is 4.79 Å². The molecule has 0 radical (unpaired) electrons. The number of rotatable bonds is 2. The number of carbonyl (C=O) groups is 1. The van der Waals surface area contributed by atoms with E-state index in [1.807, 2.05) is 12.1 Å². The van der Waals surface area contributed by atoms with Crippen molar-refractivity contribution >= 4 is 39.1 Å². The van der Waals surface area contributed by atoms with Crippen LogP contribution in [0.2, 0.25) is 5.02 Å². The molecule has 1 amide bonds. The van der Waals surface area contributed by atoms with Crippen LogP contribution in [0.3, 0.4) is 0 Å². The summed E-state index contributed by atoms with van der Waals surface area (Å²) in [5.41, 5.74) is 0.737. The third-order valence-electron chi connectivity index (χ3n) is 6.08. The smallest absolute Gasteiger partial charge is 0.232 e. The summed E-state index contributed by atoms with van der Waals surface area (Å²) in [5, 5.41) is 3.74. The van der Waals surface area contributed by atoms with Crippen molar-refractivity contribution in [1.29, 1.82) is 0 Å². The summed E-state index contributed by atoms with van der Waals surface area (Å²) in [5.74, 6) is 0.127. The molecule has 3 fully saturated rings. The molecule has 1 aromatic carbocycles. The van der Waals surface area contributed by atoms with Gasteiger partial charge in [-0.3, -0.25) is 4.79 Å². The van der Waals surface area contributed by atoms with Crippen LogP contribution >= 0.6 is 27.5 Å². The predicted octanol–water partition coefficient (Wildman–Crippen LogP) is 4.87. The summed E-state index contributed by atoms with van der Waals surface area (Å²) in [6, 6.07) is 7.29. The van der Waals surface area contributed by atoms with E-state index in [0.29, 0.717) is 5.02 Å². The van der Waals surface area contributed by atoms with Gasteiger partial charge in [0.15, 0.2) is 0 Å². The Hall–Kier alpha value is -0.540. The molecule has 4 heteroatoms. The van der Waals surface area contributed by atoms with E-state index < -0.39 is 0 Å². The predicted molar refractivity (Wildman–Crippen MR) is 86.4 cm³/mol. The second kappa shape index (κ2) is 4.23. The van der Waals surface area contributed by atoms with Crippen LogP contribution < -0.4 is 5.32 Å². The highest BCUT2D eigenvalue weighted by atomic mass is 79.9. The van der Waals surface area contributed by atoms with Crippen LogP contribution in [-0.2, 0) is 4.79 Å². The molecule has 0 aromatic heterocycles. The number of amides is 1. The zero-order chi connectivity index (χ0) is 14.8. The van der Waals surface area contributed by atoms with Gasteiger partial charge in [0.05, 0.1) is 5.41 Å². The number of carbonyl (C=O) groups excluding carboxylic acids is 1. The first-order chi connectivity index (χ1) is 9.25. The molecule has 3 saturated carbocycles. The molecule has 108 valence electrons. The van der Waals surface area contributed by atoms with E-state index in [-0.39, 0.29) is 27.0 Å². The Kier molecular flexibility index (Phi) is 3.05. The van der Waals surface area contributed by atoms with Crippen molar-refractivity contribution in [1.82, 2.24) is 0 Å². The van der Waals surface area contributed by atoms with Gasteiger partial charge in [-0.1, -0.05) is 48.3 Å². The zero-order valence-corrected chi connectivity index (χ0v) is 14.3. The molecule has 0 aliphatic heterocycles. The van der Waals surface area contributed by atoms with Crippen molar-refractivity contribution in [3.05, 3.63) is 29.3 Å². The molecule has 2 bridgehead atoms. The Morgan fingerprint density at radius 3 is 2.30 bits per heavy atom. The topological polar surface area (TPSA) is 29.1 Å². The van der Waals surface area contributed by atoms with Gasteiger partial charge in [-0.05, 0) is 47.9 Å².